The molecule has 4 aromatic carbocycles. The molecule has 0 spiro atoms. The number of aryl methyl sites for hydroxylation is 2. The van der Waals surface area contributed by atoms with Crippen molar-refractivity contribution in [2.75, 3.05) is 12.4 Å². The molecule has 0 fully saturated rings. The Morgan fingerprint density at radius 1 is 0.884 bits per heavy atom. The third-order valence-electron chi connectivity index (χ3n) is 7.10. The number of aliphatic carboxylic acids is 1. The first-order valence-electron chi connectivity index (χ1n) is 14.3. The maximum atomic E-state index is 12.7. The fourth-order valence-electron chi connectivity index (χ4n) is 4.77. The van der Waals surface area contributed by atoms with Crippen molar-refractivity contribution in [2.45, 2.75) is 44.0 Å². The number of fused-ring (bicyclic) bond motifs is 1. The number of aromatic nitrogens is 1. The molecule has 1 heterocycles. The Morgan fingerprint density at radius 3 is 2.49 bits per heavy atom. The van der Waals surface area contributed by atoms with Crippen molar-refractivity contribution in [1.29, 1.82) is 0 Å². The minimum Gasteiger partial charge on any atom is -0.493 e. The fraction of sp³-hybridized carbons (Fsp3) is 0.229. The molecule has 1 amide bonds. The van der Waals surface area contributed by atoms with Gasteiger partial charge in [0.25, 0.3) is 0 Å². The summed E-state index contributed by atoms with van der Waals surface area (Å²) in [6, 6.07) is 29.9. The van der Waals surface area contributed by atoms with E-state index < -0.39 is 5.97 Å². The number of hydrogen-bond donors (Lipinski definition) is 2. The lowest BCUT2D eigenvalue weighted by atomic mass is 10.0. The highest BCUT2D eigenvalue weighted by atomic mass is 32.2. The molecule has 0 saturated carbocycles. The maximum Gasteiger partial charge on any atom is 0.303 e. The molecule has 5 aromatic rings. The van der Waals surface area contributed by atoms with Crippen LogP contribution in [0.25, 0.3) is 22.2 Å². The van der Waals surface area contributed by atoms with Crippen LogP contribution < -0.4 is 10.1 Å². The van der Waals surface area contributed by atoms with Crippen LogP contribution in [-0.4, -0.2) is 34.3 Å². The van der Waals surface area contributed by atoms with Gasteiger partial charge in [-0.05, 0) is 71.6 Å². The van der Waals surface area contributed by atoms with Gasteiger partial charge in [-0.3, -0.25) is 9.59 Å². The van der Waals surface area contributed by atoms with E-state index in [1.807, 2.05) is 67.6 Å². The largest absolute Gasteiger partial charge is 0.493 e. The Labute approximate surface area is 255 Å². The Kier molecular flexibility index (Phi) is 10.1. The molecule has 0 aliphatic rings. The van der Waals surface area contributed by atoms with Crippen LogP contribution in [-0.2, 0) is 29.0 Å². The Morgan fingerprint density at radius 2 is 1.67 bits per heavy atom. The van der Waals surface area contributed by atoms with Crippen LogP contribution in [0.3, 0.4) is 0 Å². The van der Waals surface area contributed by atoms with Gasteiger partial charge in [0.05, 0.1) is 12.3 Å². The summed E-state index contributed by atoms with van der Waals surface area (Å²) in [5, 5.41) is 14.6. The van der Waals surface area contributed by atoms with Crippen molar-refractivity contribution in [3.05, 3.63) is 114 Å². The van der Waals surface area contributed by atoms with Gasteiger partial charge < -0.3 is 19.6 Å². The summed E-state index contributed by atoms with van der Waals surface area (Å²) in [6.45, 7) is 2.59. The van der Waals surface area contributed by atoms with E-state index in [9.17, 15) is 14.7 Å². The monoisotopic (exact) mass is 594 g/mol. The molecule has 0 saturated heterocycles. The number of carbonyl (C=O) groups is 2. The van der Waals surface area contributed by atoms with E-state index >= 15 is 0 Å². The van der Waals surface area contributed by atoms with E-state index in [0.29, 0.717) is 49.8 Å². The van der Waals surface area contributed by atoms with E-state index in [2.05, 4.69) is 40.6 Å². The summed E-state index contributed by atoms with van der Waals surface area (Å²) in [6.07, 6.45) is 1.34. The Balaban J connectivity index is 1.15. The lowest BCUT2D eigenvalue weighted by Crippen LogP contribution is -2.23. The van der Waals surface area contributed by atoms with Crippen LogP contribution in [0.2, 0.25) is 0 Å². The molecule has 7 nitrogen and oxygen atoms in total. The second-order valence-corrected chi connectivity index (χ2v) is 11.4. The predicted octanol–water partition coefficient (Wildman–Crippen LogP) is 7.24. The van der Waals surface area contributed by atoms with Gasteiger partial charge in [0.1, 0.15) is 11.5 Å². The van der Waals surface area contributed by atoms with Gasteiger partial charge in [-0.25, -0.2) is 4.98 Å². The fourth-order valence-corrected chi connectivity index (χ4v) is 5.67. The van der Waals surface area contributed by atoms with Crippen LogP contribution in [0.4, 0.5) is 0 Å². The molecule has 43 heavy (non-hydrogen) atoms. The average molecular weight is 595 g/mol. The van der Waals surface area contributed by atoms with E-state index in [1.165, 1.54) is 10.8 Å². The van der Waals surface area contributed by atoms with Crippen molar-refractivity contribution in [3.63, 3.8) is 0 Å². The Hall–Kier alpha value is -4.56. The second-order valence-electron chi connectivity index (χ2n) is 10.2. The number of nitrogens with zero attached hydrogens (tertiary/aromatic N) is 1. The summed E-state index contributed by atoms with van der Waals surface area (Å²) < 4.78 is 11.9. The van der Waals surface area contributed by atoms with E-state index in [-0.39, 0.29) is 12.3 Å². The summed E-state index contributed by atoms with van der Waals surface area (Å²) in [5.41, 5.74) is 3.48. The molecule has 0 aliphatic carbocycles. The number of rotatable bonds is 14. The minimum atomic E-state index is -0.862. The van der Waals surface area contributed by atoms with Gasteiger partial charge >= 0.3 is 5.97 Å². The predicted molar refractivity (Wildman–Crippen MR) is 169 cm³/mol. The molecule has 2 N–H and O–H groups in total. The number of thioether (sulfide) groups is 1. The molecule has 0 aliphatic heterocycles. The van der Waals surface area contributed by atoms with E-state index in [0.717, 1.165) is 33.0 Å². The zero-order valence-electron chi connectivity index (χ0n) is 24.0. The topological polar surface area (TPSA) is 102 Å². The molecular formula is C35H34N2O5S. The highest BCUT2D eigenvalue weighted by molar-refractivity contribution is 7.99. The smallest absolute Gasteiger partial charge is 0.303 e. The van der Waals surface area contributed by atoms with Gasteiger partial charge in [-0.15, -0.1) is 11.8 Å². The quantitative estimate of drug-likeness (QED) is 0.131. The van der Waals surface area contributed by atoms with Crippen molar-refractivity contribution in [1.82, 2.24) is 10.3 Å². The molecule has 0 radical (unpaired) electrons. The number of carboxylic acids is 1. The number of benzene rings is 4. The maximum absolute atomic E-state index is 12.7. The van der Waals surface area contributed by atoms with Gasteiger partial charge in [-0.2, -0.15) is 0 Å². The van der Waals surface area contributed by atoms with Crippen LogP contribution in [0.1, 0.15) is 35.4 Å². The summed E-state index contributed by atoms with van der Waals surface area (Å²) in [7, 11) is 0. The number of amides is 1. The average Bonchev–Trinajstić information content (AvgIpc) is 3.39. The summed E-state index contributed by atoms with van der Waals surface area (Å²) in [5.74, 6) is 1.74. The third kappa shape index (κ3) is 8.49. The summed E-state index contributed by atoms with van der Waals surface area (Å²) in [4.78, 5) is 29.7. The SMILES string of the molecule is Cc1oc(-c2ccccc2)nc1CCOc1ccc(CCC(=O)O)c(CNC(=O)CCSc2ccc3ccccc3c2)c1. The highest BCUT2D eigenvalue weighted by Gasteiger charge is 2.13. The van der Waals surface area contributed by atoms with Crippen LogP contribution in [0.15, 0.2) is 100 Å². The standard InChI is InChI=1S/C35H34N2O5S/c1-24-32(37-35(42-24)27-8-3-2-4-9-27)17-19-41-30-14-11-26(13-16-34(39)40)29(21-30)23-36-33(38)18-20-43-31-15-12-25-7-5-6-10-28(25)22-31/h2-12,14-15,21-22H,13,16-20,23H2,1H3,(H,36,38)(H,39,40). The zero-order valence-corrected chi connectivity index (χ0v) is 24.9. The molecule has 0 bridgehead atoms. The van der Waals surface area contributed by atoms with Crippen molar-refractivity contribution >= 4 is 34.4 Å². The van der Waals surface area contributed by atoms with Crippen LogP contribution >= 0.6 is 11.8 Å². The highest BCUT2D eigenvalue weighted by Crippen LogP contribution is 2.25. The van der Waals surface area contributed by atoms with Gasteiger partial charge in [0.15, 0.2) is 0 Å². The number of carboxylic acid groups (broad SMARTS) is 1. The summed E-state index contributed by atoms with van der Waals surface area (Å²) >= 11 is 1.65. The lowest BCUT2D eigenvalue weighted by molar-refractivity contribution is -0.137. The first kappa shape index (κ1) is 29.9. The number of nitrogens with one attached hydrogen (secondary N) is 1. The van der Waals surface area contributed by atoms with Crippen LogP contribution in [0, 0.1) is 6.92 Å². The van der Waals surface area contributed by atoms with Crippen molar-refractivity contribution in [3.8, 4) is 17.2 Å². The number of oxazole rings is 1. The van der Waals surface area contributed by atoms with Gasteiger partial charge in [-0.1, -0.05) is 54.6 Å². The molecule has 220 valence electrons. The van der Waals surface area contributed by atoms with Crippen molar-refractivity contribution in [2.24, 2.45) is 0 Å². The molecular weight excluding hydrogens is 560 g/mol. The van der Waals surface area contributed by atoms with Crippen LogP contribution in [0.5, 0.6) is 5.75 Å². The minimum absolute atomic E-state index is 0.0126. The molecule has 5 rings (SSSR count). The van der Waals surface area contributed by atoms with Gasteiger partial charge in [0, 0.05) is 42.0 Å². The first-order chi connectivity index (χ1) is 20.9. The van der Waals surface area contributed by atoms with E-state index in [1.54, 1.807) is 11.8 Å². The number of ether oxygens (including phenoxy) is 1. The van der Waals surface area contributed by atoms with Gasteiger partial charge in [0.2, 0.25) is 11.8 Å². The molecule has 8 heteroatoms. The zero-order chi connectivity index (χ0) is 30.0. The third-order valence-corrected chi connectivity index (χ3v) is 8.10. The normalized spacial score (nSPS) is 11.0. The van der Waals surface area contributed by atoms with E-state index in [4.69, 9.17) is 9.15 Å². The molecule has 0 atom stereocenters. The second kappa shape index (κ2) is 14.6. The first-order valence-corrected chi connectivity index (χ1v) is 15.3. The lowest BCUT2D eigenvalue weighted by Gasteiger charge is -2.13. The Bertz CT molecular complexity index is 1700. The molecule has 0 unspecified atom stereocenters. The molecule has 1 aromatic heterocycles. The number of hydrogen-bond acceptors (Lipinski definition) is 6. The number of carbonyl (C=O) groups excluding carboxylic acids is 1. The van der Waals surface area contributed by atoms with Crippen molar-refractivity contribution < 1.29 is 23.8 Å².